The van der Waals surface area contributed by atoms with E-state index in [1.54, 1.807) is 18.1 Å². The lowest BCUT2D eigenvalue weighted by atomic mass is 9.81. The van der Waals surface area contributed by atoms with Crippen molar-refractivity contribution in [1.82, 2.24) is 9.88 Å². The molecule has 2 saturated heterocycles. The molecule has 7 nitrogen and oxygen atoms in total. The molecule has 7 heteroatoms. The van der Waals surface area contributed by atoms with Crippen LogP contribution in [0.5, 0.6) is 5.75 Å². The van der Waals surface area contributed by atoms with Crippen molar-refractivity contribution >= 4 is 28.6 Å². The predicted molar refractivity (Wildman–Crippen MR) is 101 cm³/mol. The van der Waals surface area contributed by atoms with Gasteiger partial charge in [-0.2, -0.15) is 0 Å². The number of aliphatic carboxylic acids is 1. The Morgan fingerprint density at radius 2 is 2.22 bits per heavy atom. The lowest BCUT2D eigenvalue weighted by Gasteiger charge is -2.25. The van der Waals surface area contributed by atoms with E-state index in [0.717, 1.165) is 10.9 Å². The summed E-state index contributed by atoms with van der Waals surface area (Å²) in [5.41, 5.74) is -0.393. The van der Waals surface area contributed by atoms with Crippen molar-refractivity contribution in [2.45, 2.75) is 0 Å². The molecule has 140 valence electrons. The normalized spacial score (nSPS) is 24.3. The quantitative estimate of drug-likeness (QED) is 0.811. The lowest BCUT2D eigenvalue weighted by molar-refractivity contribution is -0.149. The van der Waals surface area contributed by atoms with Gasteiger partial charge in [0.05, 0.1) is 13.0 Å². The van der Waals surface area contributed by atoms with E-state index in [2.05, 4.69) is 6.58 Å². The van der Waals surface area contributed by atoms with Crippen LogP contribution in [0, 0.1) is 11.3 Å². The molecule has 27 heavy (non-hydrogen) atoms. The maximum Gasteiger partial charge on any atom is 0.314 e. The Bertz CT molecular complexity index is 944. The minimum Gasteiger partial charge on any atom is -0.494 e. The van der Waals surface area contributed by atoms with Gasteiger partial charge < -0.3 is 19.6 Å². The Morgan fingerprint density at radius 3 is 2.89 bits per heavy atom. The molecule has 0 aliphatic carbocycles. The molecule has 1 aromatic heterocycles. The maximum absolute atomic E-state index is 12.7. The van der Waals surface area contributed by atoms with Crippen molar-refractivity contribution in [2.24, 2.45) is 11.3 Å². The summed E-state index contributed by atoms with van der Waals surface area (Å²) in [6.07, 6.45) is 1.63. The molecule has 1 N–H and O–H groups in total. The Hall–Kier alpha value is -3.09. The molecule has 2 unspecified atom stereocenters. The number of benzene rings is 1. The number of carbonyl (C=O) groups excluding carboxylic acids is 1. The first-order valence-corrected chi connectivity index (χ1v) is 8.82. The number of hydrogen-bond donors (Lipinski definition) is 1. The fourth-order valence-electron chi connectivity index (χ4n) is 4.24. The Balaban J connectivity index is 1.70. The van der Waals surface area contributed by atoms with Crippen LogP contribution in [0.4, 0.5) is 5.82 Å². The Kier molecular flexibility index (Phi) is 4.02. The molecule has 2 fully saturated rings. The molecule has 0 radical (unpaired) electrons. The highest BCUT2D eigenvalue weighted by atomic mass is 16.5. The van der Waals surface area contributed by atoms with Gasteiger partial charge in [-0.25, -0.2) is 4.98 Å². The smallest absolute Gasteiger partial charge is 0.314 e. The second-order valence-electron chi connectivity index (χ2n) is 7.10. The van der Waals surface area contributed by atoms with Crippen molar-refractivity contribution in [3.63, 3.8) is 0 Å². The van der Waals surface area contributed by atoms with E-state index in [9.17, 15) is 14.7 Å². The van der Waals surface area contributed by atoms with Crippen molar-refractivity contribution < 1.29 is 19.4 Å². The SMILES string of the molecule is C=CCN1CC2(C(=O)O)CN(c3ccc4cccc(OC)c4n3)CC2C1=O. The average molecular weight is 367 g/mol. The van der Waals surface area contributed by atoms with E-state index in [4.69, 9.17) is 9.72 Å². The van der Waals surface area contributed by atoms with Gasteiger partial charge in [-0.05, 0) is 18.2 Å². The maximum atomic E-state index is 12.7. The second-order valence-corrected chi connectivity index (χ2v) is 7.10. The van der Waals surface area contributed by atoms with Crippen LogP contribution >= 0.6 is 0 Å². The van der Waals surface area contributed by atoms with E-state index in [-0.39, 0.29) is 19.0 Å². The monoisotopic (exact) mass is 367 g/mol. The topological polar surface area (TPSA) is 83.0 Å². The largest absolute Gasteiger partial charge is 0.494 e. The van der Waals surface area contributed by atoms with Crippen LogP contribution in [-0.2, 0) is 9.59 Å². The summed E-state index contributed by atoms with van der Waals surface area (Å²) >= 11 is 0. The first-order chi connectivity index (χ1) is 13.0. The molecule has 2 aliphatic heterocycles. The van der Waals surface area contributed by atoms with Gasteiger partial charge in [0.1, 0.15) is 22.5 Å². The van der Waals surface area contributed by atoms with Crippen molar-refractivity contribution in [1.29, 1.82) is 0 Å². The number of rotatable bonds is 5. The third-order valence-corrected chi connectivity index (χ3v) is 5.61. The number of carbonyl (C=O) groups is 2. The number of anilines is 1. The molecule has 4 rings (SSSR count). The van der Waals surface area contributed by atoms with Gasteiger partial charge >= 0.3 is 5.97 Å². The zero-order valence-electron chi connectivity index (χ0n) is 15.1. The molecular formula is C20H21N3O4. The summed E-state index contributed by atoms with van der Waals surface area (Å²) < 4.78 is 5.39. The number of hydrogen-bond acceptors (Lipinski definition) is 5. The molecule has 0 saturated carbocycles. The van der Waals surface area contributed by atoms with Gasteiger partial charge in [-0.3, -0.25) is 9.59 Å². The van der Waals surface area contributed by atoms with Gasteiger partial charge in [0, 0.05) is 31.6 Å². The second kappa shape index (κ2) is 6.26. The zero-order valence-corrected chi connectivity index (χ0v) is 15.1. The predicted octanol–water partition coefficient (Wildman–Crippen LogP) is 1.78. The summed E-state index contributed by atoms with van der Waals surface area (Å²) in [5.74, 6) is -0.323. The Labute approximate surface area is 156 Å². The number of methoxy groups -OCH3 is 1. The molecule has 2 atom stereocenters. The van der Waals surface area contributed by atoms with E-state index in [1.807, 2.05) is 35.2 Å². The van der Waals surface area contributed by atoms with Crippen LogP contribution in [0.3, 0.4) is 0 Å². The number of carboxylic acids is 1. The van der Waals surface area contributed by atoms with Crippen LogP contribution in [0.2, 0.25) is 0 Å². The zero-order chi connectivity index (χ0) is 19.2. The highest BCUT2D eigenvalue weighted by molar-refractivity contribution is 5.94. The van der Waals surface area contributed by atoms with Gasteiger partial charge in [0.15, 0.2) is 0 Å². The van der Waals surface area contributed by atoms with Crippen LogP contribution < -0.4 is 9.64 Å². The van der Waals surface area contributed by atoms with E-state index >= 15 is 0 Å². The first-order valence-electron chi connectivity index (χ1n) is 8.82. The number of pyridine rings is 1. The number of aromatic nitrogens is 1. The fraction of sp³-hybridized carbons (Fsp3) is 0.350. The number of carboxylic acid groups (broad SMARTS) is 1. The third kappa shape index (κ3) is 2.53. The van der Waals surface area contributed by atoms with E-state index in [1.165, 1.54) is 0 Å². The molecular weight excluding hydrogens is 346 g/mol. The number of amides is 1. The fourth-order valence-corrected chi connectivity index (χ4v) is 4.24. The van der Waals surface area contributed by atoms with Crippen LogP contribution in [0.1, 0.15) is 0 Å². The number of para-hydroxylation sites is 1. The van der Waals surface area contributed by atoms with Gasteiger partial charge in [0.2, 0.25) is 5.91 Å². The van der Waals surface area contributed by atoms with Gasteiger partial charge in [-0.1, -0.05) is 18.2 Å². The van der Waals surface area contributed by atoms with Crippen molar-refractivity contribution in [3.8, 4) is 5.75 Å². The summed E-state index contributed by atoms with van der Waals surface area (Å²) in [4.78, 5) is 33.0. The van der Waals surface area contributed by atoms with Gasteiger partial charge in [0.25, 0.3) is 0 Å². The highest BCUT2D eigenvalue weighted by Gasteiger charge is 2.62. The van der Waals surface area contributed by atoms with Crippen LogP contribution in [0.25, 0.3) is 10.9 Å². The minimum absolute atomic E-state index is 0.127. The first kappa shape index (κ1) is 17.3. The molecule has 0 bridgehead atoms. The Morgan fingerprint density at radius 1 is 1.41 bits per heavy atom. The summed E-state index contributed by atoms with van der Waals surface area (Å²) in [6.45, 7) is 4.81. The molecule has 0 spiro atoms. The third-order valence-electron chi connectivity index (χ3n) is 5.61. The van der Waals surface area contributed by atoms with Crippen LogP contribution in [-0.4, -0.2) is 60.2 Å². The number of ether oxygens (including phenoxy) is 1. The number of likely N-dealkylation sites (tertiary alicyclic amines) is 1. The minimum atomic E-state index is -1.11. The molecule has 2 aliphatic rings. The number of nitrogens with zero attached hydrogens (tertiary/aromatic N) is 3. The average Bonchev–Trinajstić information content (AvgIpc) is 3.17. The van der Waals surface area contributed by atoms with Crippen molar-refractivity contribution in [3.05, 3.63) is 43.0 Å². The molecule has 1 aromatic carbocycles. The molecule has 1 amide bonds. The van der Waals surface area contributed by atoms with Crippen molar-refractivity contribution in [2.75, 3.05) is 38.2 Å². The summed E-state index contributed by atoms with van der Waals surface area (Å²) in [7, 11) is 1.59. The molecule has 3 heterocycles. The lowest BCUT2D eigenvalue weighted by Crippen LogP contribution is -2.41. The van der Waals surface area contributed by atoms with E-state index in [0.29, 0.717) is 24.7 Å². The van der Waals surface area contributed by atoms with Crippen LogP contribution in [0.15, 0.2) is 43.0 Å². The summed E-state index contributed by atoms with van der Waals surface area (Å²) in [5, 5.41) is 10.9. The van der Waals surface area contributed by atoms with E-state index < -0.39 is 17.3 Å². The summed E-state index contributed by atoms with van der Waals surface area (Å²) in [6, 6.07) is 9.49. The number of fused-ring (bicyclic) bond motifs is 2. The molecule has 2 aromatic rings. The standard InChI is InChI=1S/C20H21N3O4/c1-3-9-22-11-20(19(25)26)12-23(10-14(20)18(22)24)16-8-7-13-5-4-6-15(27-2)17(13)21-16/h3-8,14H,1,9-12H2,2H3,(H,25,26). The van der Waals surface area contributed by atoms with Gasteiger partial charge in [-0.15, -0.1) is 6.58 Å². The highest BCUT2D eigenvalue weighted by Crippen LogP contribution is 2.45.